The molecule has 0 spiro atoms. The Bertz CT molecular complexity index is 1430. The first kappa shape index (κ1) is 71.6. The van der Waals surface area contributed by atoms with Crippen LogP contribution in [-0.2, 0) is 28.6 Å². The molecule has 0 bridgehead atoms. The summed E-state index contributed by atoms with van der Waals surface area (Å²) >= 11 is 0. The van der Waals surface area contributed by atoms with Gasteiger partial charge in [0, 0.05) is 19.3 Å². The zero-order valence-corrected chi connectivity index (χ0v) is 49.6. The van der Waals surface area contributed by atoms with E-state index >= 15 is 0 Å². The number of carbonyl (C=O) groups is 3. The Morgan fingerprint density at radius 2 is 0.507 bits per heavy atom. The second kappa shape index (κ2) is 63.1. The first-order chi connectivity index (χ1) is 37.0. The molecule has 432 valence electrons. The van der Waals surface area contributed by atoms with Crippen molar-refractivity contribution in [2.24, 2.45) is 0 Å². The summed E-state index contributed by atoms with van der Waals surface area (Å²) < 4.78 is 16.9. The van der Waals surface area contributed by atoms with Gasteiger partial charge in [-0.15, -0.1) is 0 Å². The van der Waals surface area contributed by atoms with Crippen molar-refractivity contribution in [3.63, 3.8) is 0 Å². The van der Waals surface area contributed by atoms with Crippen LogP contribution in [-0.4, -0.2) is 37.2 Å². The Balaban J connectivity index is 4.32. The first-order valence-electron chi connectivity index (χ1n) is 32.1. The molecule has 75 heavy (non-hydrogen) atoms. The van der Waals surface area contributed by atoms with Crippen LogP contribution >= 0.6 is 0 Å². The molecule has 0 amide bonds. The minimum Gasteiger partial charge on any atom is -0.462 e. The summed E-state index contributed by atoms with van der Waals surface area (Å²) in [5.74, 6) is -0.904. The summed E-state index contributed by atoms with van der Waals surface area (Å²) in [7, 11) is 0. The van der Waals surface area contributed by atoms with Gasteiger partial charge in [0.05, 0.1) is 0 Å². The highest BCUT2D eigenvalue weighted by molar-refractivity contribution is 5.71. The molecule has 0 aromatic rings. The molecule has 0 fully saturated rings. The molecule has 0 aliphatic carbocycles. The van der Waals surface area contributed by atoms with Gasteiger partial charge < -0.3 is 14.2 Å². The number of carbonyl (C=O) groups excluding carboxylic acids is 3. The van der Waals surface area contributed by atoms with Gasteiger partial charge >= 0.3 is 17.9 Å². The van der Waals surface area contributed by atoms with Crippen LogP contribution in [0.15, 0.2) is 85.1 Å². The molecule has 0 aromatic carbocycles. The lowest BCUT2D eigenvalue weighted by molar-refractivity contribution is -0.167. The molecule has 0 heterocycles. The third kappa shape index (κ3) is 61.3. The van der Waals surface area contributed by atoms with Gasteiger partial charge in [0.1, 0.15) is 13.2 Å². The predicted octanol–water partition coefficient (Wildman–Crippen LogP) is 21.9. The second-order valence-electron chi connectivity index (χ2n) is 21.3. The summed E-state index contributed by atoms with van der Waals surface area (Å²) in [6.07, 6.45) is 83.0. The molecule has 0 radical (unpaired) electrons. The van der Waals surface area contributed by atoms with Crippen molar-refractivity contribution in [1.29, 1.82) is 0 Å². The van der Waals surface area contributed by atoms with Crippen LogP contribution in [0.2, 0.25) is 0 Å². The summed E-state index contributed by atoms with van der Waals surface area (Å²) in [5, 5.41) is 0. The molecule has 1 unspecified atom stereocenters. The number of allylic oxidation sites excluding steroid dienone is 14. The van der Waals surface area contributed by atoms with E-state index in [0.717, 1.165) is 122 Å². The number of hydrogen-bond acceptors (Lipinski definition) is 6. The predicted molar refractivity (Wildman–Crippen MR) is 325 cm³/mol. The van der Waals surface area contributed by atoms with Crippen molar-refractivity contribution in [3.05, 3.63) is 85.1 Å². The zero-order chi connectivity index (χ0) is 54.3. The number of esters is 3. The quantitative estimate of drug-likeness (QED) is 0.0261. The van der Waals surface area contributed by atoms with Gasteiger partial charge in [-0.05, 0) is 116 Å². The molecule has 0 aromatic heterocycles. The van der Waals surface area contributed by atoms with Crippen molar-refractivity contribution in [1.82, 2.24) is 0 Å². The molecule has 0 rings (SSSR count). The number of ether oxygens (including phenoxy) is 3. The standard InChI is InChI=1S/C69H120O6/c1-4-7-10-13-16-19-22-25-27-29-31-32-33-34-35-36-38-39-41-44-47-50-53-56-59-62-68(71)74-65-66(64-73-67(70)61-58-55-52-49-46-43-24-21-18-15-12-9-6-3)75-69(72)63-60-57-54-51-48-45-42-40-37-30-28-26-23-20-17-14-11-8-5-2/h12,15,17,20-22,24-26,28-29,31,37,40,66H,4-11,13-14,16,18-19,23,27,30,32-36,38-39,41-65H2,1-3H3/b15-12-,20-17-,24-21-,25-22-,28-26-,31-29-,40-37-. The van der Waals surface area contributed by atoms with Gasteiger partial charge in [-0.2, -0.15) is 0 Å². The van der Waals surface area contributed by atoms with Gasteiger partial charge in [0.15, 0.2) is 6.10 Å². The highest BCUT2D eigenvalue weighted by atomic mass is 16.6. The molecular formula is C69H120O6. The lowest BCUT2D eigenvalue weighted by atomic mass is 10.0. The normalized spacial score (nSPS) is 12.6. The average Bonchev–Trinajstić information content (AvgIpc) is 3.41. The Kier molecular flexibility index (Phi) is 60.3. The molecule has 6 nitrogen and oxygen atoms in total. The lowest BCUT2D eigenvalue weighted by Gasteiger charge is -2.18. The van der Waals surface area contributed by atoms with E-state index in [9.17, 15) is 14.4 Å². The van der Waals surface area contributed by atoms with Crippen LogP contribution < -0.4 is 0 Å². The third-order valence-electron chi connectivity index (χ3n) is 13.8. The van der Waals surface area contributed by atoms with E-state index in [1.54, 1.807) is 0 Å². The van der Waals surface area contributed by atoms with Crippen LogP contribution in [0, 0.1) is 0 Å². The minimum absolute atomic E-state index is 0.0859. The van der Waals surface area contributed by atoms with Gasteiger partial charge in [0.2, 0.25) is 0 Å². The fraction of sp³-hybridized carbons (Fsp3) is 0.754. The lowest BCUT2D eigenvalue weighted by Crippen LogP contribution is -2.30. The van der Waals surface area contributed by atoms with Gasteiger partial charge in [-0.3, -0.25) is 14.4 Å². The third-order valence-corrected chi connectivity index (χ3v) is 13.8. The highest BCUT2D eigenvalue weighted by Crippen LogP contribution is 2.16. The van der Waals surface area contributed by atoms with Crippen LogP contribution in [0.1, 0.15) is 316 Å². The Hall–Kier alpha value is -3.41. The topological polar surface area (TPSA) is 78.9 Å². The summed E-state index contributed by atoms with van der Waals surface area (Å²) in [6, 6.07) is 0. The SMILES string of the molecule is CCC/C=C\C/C=C\CCCCCCCC(=O)OCC(COC(=O)CCCCCCCCCCCCCCC/C=C\C/C=C\CCCCCCC)OC(=O)CCCCCCCC/C=C\C/C=C\C/C=C\CCCCC. The van der Waals surface area contributed by atoms with E-state index in [4.69, 9.17) is 14.2 Å². The van der Waals surface area contributed by atoms with Crippen molar-refractivity contribution in [2.75, 3.05) is 13.2 Å². The molecule has 6 heteroatoms. The van der Waals surface area contributed by atoms with Crippen molar-refractivity contribution in [2.45, 2.75) is 322 Å². The van der Waals surface area contributed by atoms with E-state index in [-0.39, 0.29) is 31.1 Å². The van der Waals surface area contributed by atoms with E-state index in [1.165, 1.54) is 154 Å². The zero-order valence-electron chi connectivity index (χ0n) is 49.6. The number of unbranched alkanes of at least 4 members (excludes halogenated alkanes) is 33. The Morgan fingerprint density at radius 1 is 0.267 bits per heavy atom. The molecule has 0 saturated heterocycles. The summed E-state index contributed by atoms with van der Waals surface area (Å²) in [6.45, 7) is 6.54. The van der Waals surface area contributed by atoms with Crippen molar-refractivity contribution in [3.8, 4) is 0 Å². The fourth-order valence-electron chi connectivity index (χ4n) is 8.99. The fourth-order valence-corrected chi connectivity index (χ4v) is 8.99. The van der Waals surface area contributed by atoms with Crippen LogP contribution in [0.5, 0.6) is 0 Å². The first-order valence-corrected chi connectivity index (χ1v) is 32.1. The van der Waals surface area contributed by atoms with Crippen molar-refractivity contribution >= 4 is 17.9 Å². The Morgan fingerprint density at radius 3 is 0.827 bits per heavy atom. The number of hydrogen-bond donors (Lipinski definition) is 0. The summed E-state index contributed by atoms with van der Waals surface area (Å²) in [4.78, 5) is 38.3. The molecule has 1 atom stereocenters. The summed E-state index contributed by atoms with van der Waals surface area (Å²) in [5.41, 5.74) is 0. The molecule has 0 aliphatic rings. The van der Waals surface area contributed by atoms with Crippen molar-refractivity contribution < 1.29 is 28.6 Å². The molecule has 0 aliphatic heterocycles. The Labute approximate surface area is 465 Å². The average molecular weight is 1050 g/mol. The van der Waals surface area contributed by atoms with Gasteiger partial charge in [-0.1, -0.05) is 266 Å². The van der Waals surface area contributed by atoms with Gasteiger partial charge in [-0.25, -0.2) is 0 Å². The largest absolute Gasteiger partial charge is 0.462 e. The van der Waals surface area contributed by atoms with Crippen LogP contribution in [0.3, 0.4) is 0 Å². The molecular weight excluding hydrogens is 925 g/mol. The minimum atomic E-state index is -0.791. The maximum absolute atomic E-state index is 12.9. The van der Waals surface area contributed by atoms with E-state index in [1.807, 2.05) is 0 Å². The van der Waals surface area contributed by atoms with Crippen LogP contribution in [0.4, 0.5) is 0 Å². The molecule has 0 saturated carbocycles. The highest BCUT2D eigenvalue weighted by Gasteiger charge is 2.19. The molecule has 0 N–H and O–H groups in total. The van der Waals surface area contributed by atoms with E-state index < -0.39 is 6.10 Å². The van der Waals surface area contributed by atoms with Gasteiger partial charge in [0.25, 0.3) is 0 Å². The van der Waals surface area contributed by atoms with Crippen LogP contribution in [0.25, 0.3) is 0 Å². The second-order valence-corrected chi connectivity index (χ2v) is 21.3. The number of rotatable bonds is 58. The monoisotopic (exact) mass is 1040 g/mol. The van der Waals surface area contributed by atoms with E-state index in [2.05, 4.69) is 106 Å². The maximum Gasteiger partial charge on any atom is 0.306 e. The van der Waals surface area contributed by atoms with E-state index in [0.29, 0.717) is 19.3 Å². The maximum atomic E-state index is 12.9. The smallest absolute Gasteiger partial charge is 0.306 e.